The second kappa shape index (κ2) is 52.6. The van der Waals surface area contributed by atoms with E-state index in [9.17, 15) is 34.5 Å². The molecular formula is C65H108O12. The standard InChI is InChI=1S/C65H108O12/c1-4-7-10-13-16-19-22-25-27-28-29-30-32-34-36-39-42-45-48-51-57(66)73-54-56(75-58(67)52-49-46-43-40-38-35-31-26-23-20-17-14-11-8-5-2)55-74-65-63(61(70)60(69)62(77-65)64(71)72)76-59(68)53-50-47-44-41-37-33-24-21-18-15-12-9-6-3/h7,10,16,19,25-27,29-31,34,36,42,45,56,60-63,65,69-70H,4-6,8-9,11-15,17-18,20-24,28,32-33,35,37-41,43-44,46-55H2,1-3H3,(H,71,72)/b10-7-,19-16-,27-25-,30-29-,31-26-,36-34-,45-42-. The van der Waals surface area contributed by atoms with Crippen LogP contribution in [0, 0.1) is 0 Å². The molecule has 12 heteroatoms. The van der Waals surface area contributed by atoms with Gasteiger partial charge in [0.15, 0.2) is 24.6 Å². The zero-order chi connectivity index (χ0) is 56.1. The van der Waals surface area contributed by atoms with Gasteiger partial charge in [0.2, 0.25) is 0 Å². The molecule has 3 N–H and O–H groups in total. The van der Waals surface area contributed by atoms with Crippen molar-refractivity contribution in [2.75, 3.05) is 13.2 Å². The molecule has 0 aliphatic carbocycles. The monoisotopic (exact) mass is 1080 g/mol. The molecule has 1 aliphatic heterocycles. The van der Waals surface area contributed by atoms with Crippen molar-refractivity contribution in [2.45, 2.75) is 289 Å². The minimum atomic E-state index is -1.91. The van der Waals surface area contributed by atoms with Gasteiger partial charge in [0, 0.05) is 19.3 Å². The van der Waals surface area contributed by atoms with Crippen molar-refractivity contribution in [3.8, 4) is 0 Å². The molecule has 0 spiro atoms. The minimum absolute atomic E-state index is 0.0528. The van der Waals surface area contributed by atoms with Gasteiger partial charge in [-0.05, 0) is 83.5 Å². The van der Waals surface area contributed by atoms with E-state index in [1.165, 1.54) is 89.9 Å². The molecule has 6 unspecified atom stereocenters. The van der Waals surface area contributed by atoms with Crippen molar-refractivity contribution in [1.82, 2.24) is 0 Å². The molecule has 1 fully saturated rings. The molecule has 0 radical (unpaired) electrons. The van der Waals surface area contributed by atoms with Gasteiger partial charge in [-0.25, -0.2) is 4.79 Å². The molecule has 0 aromatic heterocycles. The second-order valence-electron chi connectivity index (χ2n) is 20.6. The first-order valence-electron chi connectivity index (χ1n) is 30.6. The third kappa shape index (κ3) is 42.5. The summed E-state index contributed by atoms with van der Waals surface area (Å²) in [5.41, 5.74) is 0. The summed E-state index contributed by atoms with van der Waals surface area (Å²) in [6.07, 6.45) is 55.6. The number of hydrogen-bond acceptors (Lipinski definition) is 11. The molecule has 440 valence electrons. The zero-order valence-corrected chi connectivity index (χ0v) is 48.4. The van der Waals surface area contributed by atoms with Crippen LogP contribution < -0.4 is 0 Å². The summed E-state index contributed by atoms with van der Waals surface area (Å²) >= 11 is 0. The first kappa shape index (κ1) is 70.9. The first-order chi connectivity index (χ1) is 37.6. The zero-order valence-electron chi connectivity index (χ0n) is 48.4. The van der Waals surface area contributed by atoms with Crippen LogP contribution in [-0.4, -0.2) is 89.2 Å². The summed E-state index contributed by atoms with van der Waals surface area (Å²) in [4.78, 5) is 51.1. The summed E-state index contributed by atoms with van der Waals surface area (Å²) in [5, 5.41) is 31.5. The molecule has 6 atom stereocenters. The largest absolute Gasteiger partial charge is 0.479 e. The highest BCUT2D eigenvalue weighted by molar-refractivity contribution is 5.74. The molecule has 1 aliphatic rings. The number of carboxylic acids is 1. The van der Waals surface area contributed by atoms with E-state index in [4.69, 9.17) is 23.7 Å². The van der Waals surface area contributed by atoms with Gasteiger partial charge in [0.05, 0.1) is 6.61 Å². The summed E-state index contributed by atoms with van der Waals surface area (Å²) in [7, 11) is 0. The van der Waals surface area contributed by atoms with Gasteiger partial charge in [-0.2, -0.15) is 0 Å². The van der Waals surface area contributed by atoms with Crippen LogP contribution in [0.15, 0.2) is 85.1 Å². The number of aliphatic hydroxyl groups is 2. The van der Waals surface area contributed by atoms with E-state index >= 15 is 0 Å². The lowest BCUT2D eigenvalue weighted by Crippen LogP contribution is -2.61. The lowest BCUT2D eigenvalue weighted by atomic mass is 9.98. The lowest BCUT2D eigenvalue weighted by molar-refractivity contribution is -0.301. The van der Waals surface area contributed by atoms with E-state index in [0.29, 0.717) is 19.3 Å². The maximum Gasteiger partial charge on any atom is 0.335 e. The summed E-state index contributed by atoms with van der Waals surface area (Å²) in [5.74, 6) is -3.24. The molecule has 1 heterocycles. The number of carbonyl (C=O) groups excluding carboxylic acids is 3. The van der Waals surface area contributed by atoms with E-state index < -0.39 is 67.3 Å². The fraction of sp³-hybridized carbons (Fsp3) is 0.723. The van der Waals surface area contributed by atoms with E-state index in [1.807, 2.05) is 12.2 Å². The summed E-state index contributed by atoms with van der Waals surface area (Å²) in [6, 6.07) is 0. The number of rotatable bonds is 51. The molecule has 12 nitrogen and oxygen atoms in total. The van der Waals surface area contributed by atoms with Crippen molar-refractivity contribution in [2.24, 2.45) is 0 Å². The Hall–Kier alpha value is -4.10. The maximum atomic E-state index is 13.2. The molecular weight excluding hydrogens is 973 g/mol. The molecule has 0 saturated carbocycles. The van der Waals surface area contributed by atoms with Gasteiger partial charge in [0.1, 0.15) is 18.8 Å². The van der Waals surface area contributed by atoms with Crippen molar-refractivity contribution in [3.63, 3.8) is 0 Å². The Labute approximate surface area is 467 Å². The highest BCUT2D eigenvalue weighted by Gasteiger charge is 2.50. The van der Waals surface area contributed by atoms with Crippen molar-refractivity contribution < 1.29 is 58.2 Å². The van der Waals surface area contributed by atoms with Crippen LogP contribution in [0.4, 0.5) is 0 Å². The lowest BCUT2D eigenvalue weighted by Gasteiger charge is -2.40. The number of carboxylic acid groups (broad SMARTS) is 1. The topological polar surface area (TPSA) is 175 Å². The van der Waals surface area contributed by atoms with Crippen LogP contribution in [-0.2, 0) is 42.9 Å². The van der Waals surface area contributed by atoms with Gasteiger partial charge in [-0.1, -0.05) is 234 Å². The molecule has 0 bridgehead atoms. The maximum absolute atomic E-state index is 13.2. The van der Waals surface area contributed by atoms with Crippen LogP contribution in [0.3, 0.4) is 0 Å². The molecule has 0 amide bonds. The average Bonchev–Trinajstić information content (AvgIpc) is 3.42. The van der Waals surface area contributed by atoms with E-state index in [1.54, 1.807) is 0 Å². The fourth-order valence-electron chi connectivity index (χ4n) is 8.80. The Morgan fingerprint density at radius 3 is 1.30 bits per heavy atom. The third-order valence-electron chi connectivity index (χ3n) is 13.5. The van der Waals surface area contributed by atoms with Crippen LogP contribution >= 0.6 is 0 Å². The normalized spacial score (nSPS) is 18.6. The number of aliphatic carboxylic acids is 1. The minimum Gasteiger partial charge on any atom is -0.479 e. The molecule has 0 aromatic rings. The van der Waals surface area contributed by atoms with Crippen LogP contribution in [0.1, 0.15) is 252 Å². The Morgan fingerprint density at radius 1 is 0.442 bits per heavy atom. The Morgan fingerprint density at radius 2 is 0.844 bits per heavy atom. The highest BCUT2D eigenvalue weighted by atomic mass is 16.7. The van der Waals surface area contributed by atoms with Gasteiger partial charge < -0.3 is 39.0 Å². The number of carbonyl (C=O) groups is 4. The smallest absolute Gasteiger partial charge is 0.335 e. The number of unbranched alkanes of at least 4 members (excludes halogenated alkanes) is 23. The molecule has 77 heavy (non-hydrogen) atoms. The first-order valence-corrected chi connectivity index (χ1v) is 30.6. The average molecular weight is 1080 g/mol. The number of ether oxygens (including phenoxy) is 5. The van der Waals surface area contributed by atoms with Crippen LogP contribution in [0.5, 0.6) is 0 Å². The van der Waals surface area contributed by atoms with Crippen molar-refractivity contribution in [3.05, 3.63) is 85.1 Å². The molecule has 1 rings (SSSR count). The van der Waals surface area contributed by atoms with E-state index in [-0.39, 0.29) is 25.9 Å². The predicted molar refractivity (Wildman–Crippen MR) is 312 cm³/mol. The molecule has 1 saturated heterocycles. The Balaban J connectivity index is 2.74. The van der Waals surface area contributed by atoms with Gasteiger partial charge in [-0.15, -0.1) is 0 Å². The number of aliphatic hydroxyl groups excluding tert-OH is 2. The predicted octanol–water partition coefficient (Wildman–Crippen LogP) is 15.9. The van der Waals surface area contributed by atoms with Crippen molar-refractivity contribution in [1.29, 1.82) is 0 Å². The van der Waals surface area contributed by atoms with Crippen molar-refractivity contribution >= 4 is 23.9 Å². The third-order valence-corrected chi connectivity index (χ3v) is 13.5. The number of esters is 3. The van der Waals surface area contributed by atoms with Crippen LogP contribution in [0.25, 0.3) is 0 Å². The highest BCUT2D eigenvalue weighted by Crippen LogP contribution is 2.26. The van der Waals surface area contributed by atoms with Crippen LogP contribution in [0.2, 0.25) is 0 Å². The fourth-order valence-corrected chi connectivity index (χ4v) is 8.80. The Kier molecular flexibility index (Phi) is 48.4. The molecule has 0 aromatic carbocycles. The quantitative estimate of drug-likeness (QED) is 0.0228. The summed E-state index contributed by atoms with van der Waals surface area (Å²) < 4.78 is 28.4. The van der Waals surface area contributed by atoms with E-state index in [0.717, 1.165) is 103 Å². The summed E-state index contributed by atoms with van der Waals surface area (Å²) in [6.45, 7) is 5.81. The van der Waals surface area contributed by atoms with Gasteiger partial charge in [-0.3, -0.25) is 14.4 Å². The van der Waals surface area contributed by atoms with Gasteiger partial charge >= 0.3 is 23.9 Å². The SMILES string of the molecule is CC/C=C\C/C=C\C/C=C\C/C=C\C/C=C\C/C=C\CCC(=O)OCC(COC1OC(C(=O)O)C(O)C(O)C1OC(=O)CCCCCCCCCCCCCCC)OC(=O)CCCCCCC/C=C\CCCCCCCC. The second-order valence-corrected chi connectivity index (χ2v) is 20.6. The Bertz CT molecular complexity index is 1660. The van der Waals surface area contributed by atoms with Gasteiger partial charge in [0.25, 0.3) is 0 Å². The van der Waals surface area contributed by atoms with E-state index in [2.05, 4.69) is 93.7 Å². The number of allylic oxidation sites excluding steroid dienone is 14. The number of hydrogen-bond donors (Lipinski definition) is 3.